The molecule has 0 spiro atoms. The molecule has 0 aliphatic rings. The molecule has 0 heterocycles. The quantitative estimate of drug-likeness (QED) is 0.682. The average Bonchev–Trinajstić information content (AvgIpc) is 2.22. The lowest BCUT2D eigenvalue weighted by Gasteiger charge is -2.27. The molecule has 16 heavy (non-hydrogen) atoms. The Balaban J connectivity index is 4.62. The lowest BCUT2D eigenvalue weighted by molar-refractivity contribution is -0.162. The summed E-state index contributed by atoms with van der Waals surface area (Å²) in [6.45, 7) is 7.89. The number of hydrogen-bond donors (Lipinski definition) is 1. The molecule has 0 aromatic rings. The van der Waals surface area contributed by atoms with Crippen molar-refractivity contribution in [2.45, 2.75) is 47.0 Å². The fourth-order valence-electron chi connectivity index (χ4n) is 1.55. The van der Waals surface area contributed by atoms with Crippen LogP contribution in [0.25, 0.3) is 0 Å². The van der Waals surface area contributed by atoms with Gasteiger partial charge in [0.15, 0.2) is 0 Å². The molecule has 0 unspecified atom stereocenters. The van der Waals surface area contributed by atoms with E-state index < -0.39 is 11.4 Å². The molecule has 0 rings (SSSR count). The Morgan fingerprint density at radius 1 is 1.25 bits per heavy atom. The van der Waals surface area contributed by atoms with Crippen molar-refractivity contribution in [3.8, 4) is 0 Å². The normalized spacial score (nSPS) is 11.6. The van der Waals surface area contributed by atoms with E-state index in [1.54, 1.807) is 0 Å². The molecule has 0 atom stereocenters. The Morgan fingerprint density at radius 3 is 2.06 bits per heavy atom. The summed E-state index contributed by atoms with van der Waals surface area (Å²) in [5, 5.41) is 8.83. The van der Waals surface area contributed by atoms with E-state index in [9.17, 15) is 9.59 Å². The molecular weight excluding hydrogens is 208 g/mol. The highest BCUT2D eigenvalue weighted by Crippen LogP contribution is 2.32. The Hall–Kier alpha value is -1.06. The van der Waals surface area contributed by atoms with Crippen LogP contribution in [0.4, 0.5) is 0 Å². The van der Waals surface area contributed by atoms with Crippen LogP contribution in [0.2, 0.25) is 0 Å². The van der Waals surface area contributed by atoms with Crippen molar-refractivity contribution in [1.29, 1.82) is 0 Å². The molecular formula is C12H22O4. The highest BCUT2D eigenvalue weighted by Gasteiger charge is 2.38. The first-order valence-corrected chi connectivity index (χ1v) is 5.77. The highest BCUT2D eigenvalue weighted by molar-refractivity contribution is 5.82. The second-order valence-corrected chi connectivity index (χ2v) is 4.55. The average molecular weight is 230 g/mol. The summed E-state index contributed by atoms with van der Waals surface area (Å²) in [5.74, 6) is -1.07. The third-order valence-electron chi connectivity index (χ3n) is 2.82. The number of ether oxygens (including phenoxy) is 1. The van der Waals surface area contributed by atoms with Gasteiger partial charge in [-0.15, -0.1) is 0 Å². The maximum Gasteiger partial charge on any atom is 0.312 e. The Morgan fingerprint density at radius 2 is 1.75 bits per heavy atom. The SMILES string of the molecule is CCC(CC)(CC(=O)O)C(=O)OCC(C)C. The van der Waals surface area contributed by atoms with Crippen molar-refractivity contribution in [2.75, 3.05) is 6.61 Å². The third kappa shape index (κ3) is 4.21. The number of carboxylic acids is 1. The molecule has 0 saturated heterocycles. The van der Waals surface area contributed by atoms with Gasteiger partial charge in [0.25, 0.3) is 0 Å². The van der Waals surface area contributed by atoms with Gasteiger partial charge >= 0.3 is 11.9 Å². The molecule has 0 radical (unpaired) electrons. The minimum atomic E-state index is -0.954. The summed E-state index contributed by atoms with van der Waals surface area (Å²) in [5.41, 5.74) is -0.860. The number of carboxylic acid groups (broad SMARTS) is 1. The minimum absolute atomic E-state index is 0.156. The maximum atomic E-state index is 11.9. The van der Waals surface area contributed by atoms with Crippen molar-refractivity contribution in [1.82, 2.24) is 0 Å². The third-order valence-corrected chi connectivity index (χ3v) is 2.82. The fourth-order valence-corrected chi connectivity index (χ4v) is 1.55. The van der Waals surface area contributed by atoms with Crippen molar-refractivity contribution >= 4 is 11.9 Å². The van der Waals surface area contributed by atoms with E-state index in [0.29, 0.717) is 19.4 Å². The standard InChI is InChI=1S/C12H22O4/c1-5-12(6-2,7-10(13)14)11(15)16-8-9(3)4/h9H,5-8H2,1-4H3,(H,13,14). The van der Waals surface area contributed by atoms with Crippen LogP contribution in [-0.2, 0) is 14.3 Å². The van der Waals surface area contributed by atoms with Gasteiger partial charge in [-0.1, -0.05) is 27.7 Å². The molecule has 4 heteroatoms. The van der Waals surface area contributed by atoms with Crippen LogP contribution in [0, 0.1) is 11.3 Å². The summed E-state index contributed by atoms with van der Waals surface area (Å²) in [6, 6.07) is 0. The summed E-state index contributed by atoms with van der Waals surface area (Å²) < 4.78 is 5.15. The number of rotatable bonds is 7. The lowest BCUT2D eigenvalue weighted by Crippen LogP contribution is -2.35. The van der Waals surface area contributed by atoms with Gasteiger partial charge in [0.1, 0.15) is 0 Å². The molecule has 0 aliphatic carbocycles. The summed E-state index contributed by atoms with van der Waals surface area (Å²) in [4.78, 5) is 22.6. The van der Waals surface area contributed by atoms with E-state index >= 15 is 0 Å². The van der Waals surface area contributed by atoms with Crippen LogP contribution in [0.1, 0.15) is 47.0 Å². The number of aliphatic carboxylic acids is 1. The van der Waals surface area contributed by atoms with Crippen molar-refractivity contribution in [2.24, 2.45) is 11.3 Å². The summed E-state index contributed by atoms with van der Waals surface area (Å²) >= 11 is 0. The number of carbonyl (C=O) groups is 2. The predicted molar refractivity (Wildman–Crippen MR) is 61.1 cm³/mol. The zero-order chi connectivity index (χ0) is 12.8. The second-order valence-electron chi connectivity index (χ2n) is 4.55. The Bertz CT molecular complexity index is 241. The molecule has 94 valence electrons. The van der Waals surface area contributed by atoms with E-state index in [1.165, 1.54) is 0 Å². The maximum absolute atomic E-state index is 11.9. The van der Waals surface area contributed by atoms with Crippen LogP contribution in [-0.4, -0.2) is 23.7 Å². The fraction of sp³-hybridized carbons (Fsp3) is 0.833. The first-order valence-electron chi connectivity index (χ1n) is 5.77. The minimum Gasteiger partial charge on any atom is -0.481 e. The van der Waals surface area contributed by atoms with E-state index in [1.807, 2.05) is 27.7 Å². The van der Waals surface area contributed by atoms with Crippen molar-refractivity contribution in [3.05, 3.63) is 0 Å². The zero-order valence-corrected chi connectivity index (χ0v) is 10.6. The van der Waals surface area contributed by atoms with Crippen LogP contribution in [0.15, 0.2) is 0 Å². The molecule has 0 saturated carbocycles. The van der Waals surface area contributed by atoms with Crippen LogP contribution in [0.3, 0.4) is 0 Å². The zero-order valence-electron chi connectivity index (χ0n) is 10.6. The smallest absolute Gasteiger partial charge is 0.312 e. The topological polar surface area (TPSA) is 63.6 Å². The Labute approximate surface area is 97.0 Å². The summed E-state index contributed by atoms with van der Waals surface area (Å²) in [7, 11) is 0. The van der Waals surface area contributed by atoms with Gasteiger partial charge in [-0.25, -0.2) is 0 Å². The van der Waals surface area contributed by atoms with Gasteiger partial charge in [-0.2, -0.15) is 0 Å². The van der Waals surface area contributed by atoms with Crippen LogP contribution < -0.4 is 0 Å². The van der Waals surface area contributed by atoms with E-state index in [4.69, 9.17) is 9.84 Å². The van der Waals surface area contributed by atoms with Gasteiger partial charge in [0.2, 0.25) is 0 Å². The lowest BCUT2D eigenvalue weighted by atomic mass is 9.79. The van der Waals surface area contributed by atoms with Crippen molar-refractivity contribution < 1.29 is 19.4 Å². The molecule has 0 bridgehead atoms. The monoisotopic (exact) mass is 230 g/mol. The van der Waals surface area contributed by atoms with E-state index in [-0.39, 0.29) is 18.3 Å². The highest BCUT2D eigenvalue weighted by atomic mass is 16.5. The number of carbonyl (C=O) groups excluding carboxylic acids is 1. The molecule has 0 aromatic heterocycles. The number of esters is 1. The number of hydrogen-bond acceptors (Lipinski definition) is 3. The van der Waals surface area contributed by atoms with Crippen LogP contribution in [0.5, 0.6) is 0 Å². The first kappa shape index (κ1) is 14.9. The van der Waals surface area contributed by atoms with Gasteiger partial charge in [-0.3, -0.25) is 9.59 Å². The van der Waals surface area contributed by atoms with E-state index in [2.05, 4.69) is 0 Å². The van der Waals surface area contributed by atoms with Gasteiger partial charge < -0.3 is 9.84 Å². The molecule has 0 aromatic carbocycles. The largest absolute Gasteiger partial charge is 0.481 e. The molecule has 0 aliphatic heterocycles. The predicted octanol–water partition coefficient (Wildman–Crippen LogP) is 2.47. The molecule has 0 amide bonds. The Kier molecular flexibility index (Phi) is 6.08. The van der Waals surface area contributed by atoms with Gasteiger partial charge in [0, 0.05) is 0 Å². The van der Waals surface area contributed by atoms with Crippen LogP contribution >= 0.6 is 0 Å². The van der Waals surface area contributed by atoms with Gasteiger partial charge in [0.05, 0.1) is 18.4 Å². The van der Waals surface area contributed by atoms with E-state index in [0.717, 1.165) is 0 Å². The molecule has 0 fully saturated rings. The first-order chi connectivity index (χ1) is 7.38. The second kappa shape index (κ2) is 6.51. The summed E-state index contributed by atoms with van der Waals surface area (Å²) in [6.07, 6.45) is 0.830. The molecule has 1 N–H and O–H groups in total. The molecule has 4 nitrogen and oxygen atoms in total. The van der Waals surface area contributed by atoms with Crippen molar-refractivity contribution in [3.63, 3.8) is 0 Å². The van der Waals surface area contributed by atoms with Gasteiger partial charge in [-0.05, 0) is 18.8 Å².